The summed E-state index contributed by atoms with van der Waals surface area (Å²) in [6.07, 6.45) is 0.995. The number of thiophene rings is 1. The number of para-hydroxylation sites is 1. The monoisotopic (exact) mass is 273 g/mol. The molecule has 0 fully saturated rings. The summed E-state index contributed by atoms with van der Waals surface area (Å²) in [5.74, 6) is 1.36. The van der Waals surface area contributed by atoms with Crippen molar-refractivity contribution in [2.45, 2.75) is 32.2 Å². The summed E-state index contributed by atoms with van der Waals surface area (Å²) < 4.78 is 5.72. The van der Waals surface area contributed by atoms with Gasteiger partial charge in [-0.05, 0) is 43.5 Å². The molecule has 0 saturated heterocycles. The summed E-state index contributed by atoms with van der Waals surface area (Å²) in [5.41, 5.74) is 9.13. The molecule has 0 amide bonds. The third-order valence-corrected chi connectivity index (χ3v) is 5.07. The average molecular weight is 273 g/mol. The maximum atomic E-state index is 6.55. The summed E-state index contributed by atoms with van der Waals surface area (Å²) in [5, 5.41) is 0. The Morgan fingerprint density at radius 1 is 1.32 bits per heavy atom. The molecule has 100 valence electrons. The summed E-state index contributed by atoms with van der Waals surface area (Å²) >= 11 is 1.82. The highest BCUT2D eigenvalue weighted by Crippen LogP contribution is 2.42. The summed E-state index contributed by atoms with van der Waals surface area (Å²) in [4.78, 5) is 2.66. The molecule has 1 aromatic carbocycles. The normalized spacial score (nSPS) is 19.6. The molecule has 2 heterocycles. The van der Waals surface area contributed by atoms with Crippen LogP contribution in [0.5, 0.6) is 5.75 Å². The second-order valence-electron chi connectivity index (χ2n) is 5.21. The summed E-state index contributed by atoms with van der Waals surface area (Å²) in [7, 11) is 0. The lowest BCUT2D eigenvalue weighted by atomic mass is 9.85. The molecule has 2 aromatic rings. The Morgan fingerprint density at radius 2 is 2.11 bits per heavy atom. The minimum atomic E-state index is 0.0729. The van der Waals surface area contributed by atoms with E-state index in [9.17, 15) is 0 Å². The third kappa shape index (κ3) is 2.28. The first-order valence-electron chi connectivity index (χ1n) is 6.71. The van der Waals surface area contributed by atoms with Crippen LogP contribution in [0, 0.1) is 13.8 Å². The molecule has 1 aromatic heterocycles. The van der Waals surface area contributed by atoms with Gasteiger partial charge in [-0.2, -0.15) is 0 Å². The zero-order valence-electron chi connectivity index (χ0n) is 11.3. The lowest BCUT2D eigenvalue weighted by Crippen LogP contribution is -2.25. The van der Waals surface area contributed by atoms with E-state index in [-0.39, 0.29) is 6.04 Å². The van der Waals surface area contributed by atoms with Gasteiger partial charge in [-0.25, -0.2) is 0 Å². The molecule has 0 aliphatic carbocycles. The molecular weight excluding hydrogens is 254 g/mol. The molecule has 3 rings (SSSR count). The highest BCUT2D eigenvalue weighted by Gasteiger charge is 2.29. The predicted molar refractivity (Wildman–Crippen MR) is 80.0 cm³/mol. The Balaban J connectivity index is 1.97. The fourth-order valence-electron chi connectivity index (χ4n) is 2.92. The van der Waals surface area contributed by atoms with Gasteiger partial charge < -0.3 is 10.5 Å². The summed E-state index contributed by atoms with van der Waals surface area (Å²) in [6, 6.07) is 10.6. The van der Waals surface area contributed by atoms with Gasteiger partial charge >= 0.3 is 0 Å². The number of hydrogen-bond donors (Lipinski definition) is 1. The summed E-state index contributed by atoms with van der Waals surface area (Å²) in [6.45, 7) is 5.06. The topological polar surface area (TPSA) is 35.2 Å². The first kappa shape index (κ1) is 12.7. The Bertz CT molecular complexity index is 590. The van der Waals surface area contributed by atoms with E-state index < -0.39 is 0 Å². The lowest BCUT2D eigenvalue weighted by molar-refractivity contribution is 0.256. The van der Waals surface area contributed by atoms with Crippen LogP contribution in [0.15, 0.2) is 30.3 Å². The molecule has 2 N–H and O–H groups in total. The zero-order valence-corrected chi connectivity index (χ0v) is 12.2. The number of aryl methyl sites for hydroxylation is 2. The van der Waals surface area contributed by atoms with Crippen LogP contribution >= 0.6 is 11.3 Å². The first-order valence-corrected chi connectivity index (χ1v) is 7.52. The van der Waals surface area contributed by atoms with E-state index in [4.69, 9.17) is 10.5 Å². The molecule has 0 spiro atoms. The van der Waals surface area contributed by atoms with Gasteiger partial charge in [-0.1, -0.05) is 18.2 Å². The van der Waals surface area contributed by atoms with Crippen LogP contribution in [0.2, 0.25) is 0 Å². The van der Waals surface area contributed by atoms with E-state index in [0.717, 1.165) is 18.8 Å². The number of ether oxygens (including phenoxy) is 1. The van der Waals surface area contributed by atoms with Crippen LogP contribution < -0.4 is 10.5 Å². The third-order valence-electron chi connectivity index (χ3n) is 3.82. The van der Waals surface area contributed by atoms with Crippen molar-refractivity contribution in [3.8, 4) is 5.75 Å². The van der Waals surface area contributed by atoms with E-state index in [1.54, 1.807) is 0 Å². The van der Waals surface area contributed by atoms with Gasteiger partial charge in [-0.3, -0.25) is 0 Å². The van der Waals surface area contributed by atoms with E-state index in [1.807, 2.05) is 23.5 Å². The molecule has 0 bridgehead atoms. The molecule has 2 atom stereocenters. The van der Waals surface area contributed by atoms with E-state index in [2.05, 4.69) is 32.0 Å². The van der Waals surface area contributed by atoms with Crippen LogP contribution in [-0.4, -0.2) is 6.61 Å². The molecule has 0 saturated carbocycles. The van der Waals surface area contributed by atoms with Gasteiger partial charge in [0.2, 0.25) is 0 Å². The molecule has 1 aliphatic rings. The van der Waals surface area contributed by atoms with Gasteiger partial charge in [0.25, 0.3) is 0 Å². The van der Waals surface area contributed by atoms with Crippen molar-refractivity contribution in [2.75, 3.05) is 6.61 Å². The van der Waals surface area contributed by atoms with Crippen LogP contribution in [0.4, 0.5) is 0 Å². The Labute approximate surface area is 118 Å². The van der Waals surface area contributed by atoms with Crippen molar-refractivity contribution in [3.05, 3.63) is 51.2 Å². The highest BCUT2D eigenvalue weighted by molar-refractivity contribution is 7.12. The van der Waals surface area contributed by atoms with E-state index >= 15 is 0 Å². The van der Waals surface area contributed by atoms with Crippen molar-refractivity contribution in [3.63, 3.8) is 0 Å². The fourth-order valence-corrected chi connectivity index (χ4v) is 4.02. The Kier molecular flexibility index (Phi) is 3.33. The number of fused-ring (bicyclic) bond motifs is 1. The van der Waals surface area contributed by atoms with Crippen LogP contribution in [0.1, 0.15) is 39.3 Å². The minimum absolute atomic E-state index is 0.0729. The quantitative estimate of drug-likeness (QED) is 0.899. The maximum Gasteiger partial charge on any atom is 0.122 e. The van der Waals surface area contributed by atoms with Gasteiger partial charge in [0, 0.05) is 21.7 Å². The van der Waals surface area contributed by atoms with Crippen LogP contribution in [0.3, 0.4) is 0 Å². The molecule has 2 unspecified atom stereocenters. The van der Waals surface area contributed by atoms with Crippen molar-refractivity contribution >= 4 is 11.3 Å². The molecule has 1 aliphatic heterocycles. The second-order valence-corrected chi connectivity index (χ2v) is 6.50. The van der Waals surface area contributed by atoms with E-state index in [1.165, 1.54) is 20.9 Å². The van der Waals surface area contributed by atoms with Crippen molar-refractivity contribution in [1.82, 2.24) is 0 Å². The standard InChI is InChI=1S/C16H19NOS/c1-10-9-11(2)19-16(10)15(17)13-7-8-18-14-6-4-3-5-12(13)14/h3-6,9,13,15H,7-8,17H2,1-2H3. The average Bonchev–Trinajstić information content (AvgIpc) is 2.76. The Morgan fingerprint density at radius 3 is 2.84 bits per heavy atom. The zero-order chi connectivity index (χ0) is 13.4. The first-order chi connectivity index (χ1) is 9.16. The van der Waals surface area contributed by atoms with Gasteiger partial charge in [-0.15, -0.1) is 11.3 Å². The van der Waals surface area contributed by atoms with Crippen LogP contribution in [0.25, 0.3) is 0 Å². The molecule has 2 nitrogen and oxygen atoms in total. The largest absolute Gasteiger partial charge is 0.493 e. The van der Waals surface area contributed by atoms with Crippen molar-refractivity contribution in [1.29, 1.82) is 0 Å². The minimum Gasteiger partial charge on any atom is -0.493 e. The SMILES string of the molecule is Cc1cc(C)c(C(N)C2CCOc3ccccc32)s1. The van der Waals surface area contributed by atoms with Gasteiger partial charge in [0.05, 0.1) is 6.61 Å². The fraction of sp³-hybridized carbons (Fsp3) is 0.375. The molecule has 3 heteroatoms. The number of benzene rings is 1. The molecule has 0 radical (unpaired) electrons. The van der Waals surface area contributed by atoms with Crippen LogP contribution in [-0.2, 0) is 0 Å². The second kappa shape index (κ2) is 4.99. The molecule has 19 heavy (non-hydrogen) atoms. The smallest absolute Gasteiger partial charge is 0.122 e. The van der Waals surface area contributed by atoms with Gasteiger partial charge in [0.1, 0.15) is 5.75 Å². The molecular formula is C16H19NOS. The number of hydrogen-bond acceptors (Lipinski definition) is 3. The number of nitrogens with two attached hydrogens (primary N) is 1. The highest BCUT2D eigenvalue weighted by atomic mass is 32.1. The van der Waals surface area contributed by atoms with E-state index in [0.29, 0.717) is 5.92 Å². The Hall–Kier alpha value is -1.32. The maximum absolute atomic E-state index is 6.55. The predicted octanol–water partition coefficient (Wildman–Crippen LogP) is 3.93. The van der Waals surface area contributed by atoms with Crippen molar-refractivity contribution in [2.24, 2.45) is 5.73 Å². The van der Waals surface area contributed by atoms with Gasteiger partial charge in [0.15, 0.2) is 0 Å². The number of rotatable bonds is 2. The lowest BCUT2D eigenvalue weighted by Gasteiger charge is -2.30. The van der Waals surface area contributed by atoms with Crippen molar-refractivity contribution < 1.29 is 4.74 Å².